The second-order valence-electron chi connectivity index (χ2n) is 11.4. The highest BCUT2D eigenvalue weighted by atomic mass is 16.5. The van der Waals surface area contributed by atoms with Gasteiger partial charge in [-0.15, -0.1) is 0 Å². The van der Waals surface area contributed by atoms with Gasteiger partial charge in [0.15, 0.2) is 0 Å². The van der Waals surface area contributed by atoms with Gasteiger partial charge in [-0.05, 0) is 76.3 Å². The molecular weight excluding hydrogens is 561 g/mol. The Labute approximate surface area is 269 Å². The highest BCUT2D eigenvalue weighted by Gasteiger charge is 2.13. The number of ether oxygens (including phenoxy) is 1. The van der Waals surface area contributed by atoms with E-state index in [1.807, 2.05) is 78.9 Å². The number of para-hydroxylation sites is 2. The van der Waals surface area contributed by atoms with Crippen LogP contribution in [0.5, 0.6) is 17.2 Å². The van der Waals surface area contributed by atoms with E-state index in [0.29, 0.717) is 17.0 Å². The number of hydrogen-bond donors (Lipinski definition) is 1. The number of aromatic hydroxyl groups is 1. The van der Waals surface area contributed by atoms with Gasteiger partial charge in [0, 0.05) is 22.0 Å². The van der Waals surface area contributed by atoms with E-state index in [2.05, 4.69) is 89.5 Å². The van der Waals surface area contributed by atoms with Crippen LogP contribution in [0.25, 0.3) is 60.9 Å². The highest BCUT2D eigenvalue weighted by molar-refractivity contribution is 6.34. The molecule has 216 valence electrons. The van der Waals surface area contributed by atoms with Crippen molar-refractivity contribution in [2.24, 2.45) is 0 Å². The summed E-state index contributed by atoms with van der Waals surface area (Å²) in [6.45, 7) is 0. The minimum atomic E-state index is 0.198. The molecule has 0 amide bonds. The van der Waals surface area contributed by atoms with Gasteiger partial charge in [-0.25, -0.2) is 0 Å². The molecule has 1 N–H and O–H groups in total. The van der Waals surface area contributed by atoms with Crippen LogP contribution in [0.1, 0.15) is 0 Å². The van der Waals surface area contributed by atoms with Crippen molar-refractivity contribution in [1.82, 2.24) is 4.57 Å². The Kier molecular flexibility index (Phi) is 6.88. The normalized spacial score (nSPS) is 11.2. The first-order valence-electron chi connectivity index (χ1n) is 15.3. The predicted molar refractivity (Wildman–Crippen MR) is 191 cm³/mol. The van der Waals surface area contributed by atoms with Crippen molar-refractivity contribution in [3.05, 3.63) is 164 Å². The quantitative estimate of drug-likeness (QED) is 0.196. The van der Waals surface area contributed by atoms with Gasteiger partial charge in [-0.1, -0.05) is 121 Å². The monoisotopic (exact) mass is 589 g/mol. The Morgan fingerprint density at radius 2 is 1.09 bits per heavy atom. The van der Waals surface area contributed by atoms with Gasteiger partial charge < -0.3 is 14.4 Å². The van der Waals surface area contributed by atoms with Crippen molar-refractivity contribution in [2.75, 3.05) is 0 Å². The van der Waals surface area contributed by atoms with Crippen LogP contribution in [-0.2, 0) is 0 Å². The third-order valence-corrected chi connectivity index (χ3v) is 8.51. The van der Waals surface area contributed by atoms with Crippen molar-refractivity contribution in [3.8, 4) is 56.3 Å². The van der Waals surface area contributed by atoms with Gasteiger partial charge in [0.2, 0.25) is 0 Å². The average Bonchev–Trinajstić information content (AvgIpc) is 3.44. The largest absolute Gasteiger partial charge is 0.507 e. The summed E-state index contributed by atoms with van der Waals surface area (Å²) in [4.78, 5) is 0. The first kappa shape index (κ1) is 27.5. The van der Waals surface area contributed by atoms with E-state index in [9.17, 15) is 5.11 Å². The average molecular weight is 590 g/mol. The lowest BCUT2D eigenvalue weighted by atomic mass is 9.91. The SMILES string of the molecule is [B]c1cc(-c2ccccc2)ccc1Oc1cccc(-c2ccc(-c3cccc(-n4c5ccccc5c5ccccc54)c3)cc2O)c1. The van der Waals surface area contributed by atoms with E-state index >= 15 is 0 Å². The zero-order chi connectivity index (χ0) is 31.0. The van der Waals surface area contributed by atoms with Crippen LogP contribution in [0.3, 0.4) is 0 Å². The van der Waals surface area contributed by atoms with Crippen molar-refractivity contribution >= 4 is 35.1 Å². The van der Waals surface area contributed by atoms with Gasteiger partial charge in [-0.3, -0.25) is 0 Å². The molecule has 4 heteroatoms. The van der Waals surface area contributed by atoms with E-state index < -0.39 is 0 Å². The van der Waals surface area contributed by atoms with Crippen LogP contribution in [-0.4, -0.2) is 17.5 Å². The number of nitrogens with zero attached hydrogens (tertiary/aromatic N) is 1. The molecule has 1 aromatic heterocycles. The zero-order valence-corrected chi connectivity index (χ0v) is 25.0. The molecule has 0 atom stereocenters. The lowest BCUT2D eigenvalue weighted by molar-refractivity contribution is 0.477. The van der Waals surface area contributed by atoms with Gasteiger partial charge in [0.05, 0.1) is 11.0 Å². The summed E-state index contributed by atoms with van der Waals surface area (Å²) in [6.07, 6.45) is 0. The molecular formula is C42H28BNO2. The van der Waals surface area contributed by atoms with Crippen LogP contribution in [0.15, 0.2) is 164 Å². The number of benzene rings is 7. The molecule has 0 aliphatic heterocycles. The van der Waals surface area contributed by atoms with Gasteiger partial charge in [0.1, 0.15) is 25.1 Å². The number of fused-ring (bicyclic) bond motifs is 3. The maximum absolute atomic E-state index is 11.2. The summed E-state index contributed by atoms with van der Waals surface area (Å²) in [5.41, 5.74) is 9.60. The van der Waals surface area contributed by atoms with Gasteiger partial charge >= 0.3 is 0 Å². The summed E-state index contributed by atoms with van der Waals surface area (Å²) in [5, 5.41) is 13.7. The number of rotatable bonds is 6. The van der Waals surface area contributed by atoms with Crippen molar-refractivity contribution in [2.45, 2.75) is 0 Å². The Morgan fingerprint density at radius 1 is 0.478 bits per heavy atom. The molecule has 0 saturated carbocycles. The van der Waals surface area contributed by atoms with Crippen molar-refractivity contribution in [1.29, 1.82) is 0 Å². The maximum atomic E-state index is 11.2. The molecule has 0 aliphatic rings. The molecule has 0 spiro atoms. The smallest absolute Gasteiger partial charge is 0.128 e. The zero-order valence-electron chi connectivity index (χ0n) is 25.0. The van der Waals surface area contributed by atoms with E-state index in [4.69, 9.17) is 12.6 Å². The third-order valence-electron chi connectivity index (χ3n) is 8.51. The Morgan fingerprint density at radius 3 is 1.83 bits per heavy atom. The topological polar surface area (TPSA) is 34.4 Å². The second-order valence-corrected chi connectivity index (χ2v) is 11.4. The first-order valence-corrected chi connectivity index (χ1v) is 15.3. The maximum Gasteiger partial charge on any atom is 0.128 e. The molecule has 0 fully saturated rings. The van der Waals surface area contributed by atoms with E-state index in [1.54, 1.807) is 0 Å². The van der Waals surface area contributed by atoms with Crippen LogP contribution in [0, 0.1) is 0 Å². The summed E-state index contributed by atoms with van der Waals surface area (Å²) in [5.74, 6) is 1.42. The van der Waals surface area contributed by atoms with Gasteiger partial charge in [0.25, 0.3) is 0 Å². The van der Waals surface area contributed by atoms with Crippen LogP contribution >= 0.6 is 0 Å². The molecule has 3 nitrogen and oxygen atoms in total. The van der Waals surface area contributed by atoms with Crippen LogP contribution in [0.4, 0.5) is 0 Å². The fraction of sp³-hybridized carbons (Fsp3) is 0. The van der Waals surface area contributed by atoms with Crippen molar-refractivity contribution < 1.29 is 9.84 Å². The summed E-state index contributed by atoms with van der Waals surface area (Å²) < 4.78 is 8.50. The number of phenols is 1. The Balaban J connectivity index is 1.09. The third kappa shape index (κ3) is 5.00. The fourth-order valence-corrected chi connectivity index (χ4v) is 6.29. The molecule has 2 radical (unpaired) electrons. The molecule has 0 unspecified atom stereocenters. The number of hydrogen-bond acceptors (Lipinski definition) is 2. The standard InChI is InChI=1S/C42H28BNO2/c43-38-26-30(28-10-2-1-3-11-28)21-23-42(38)46-34-15-9-13-32(25-34)35-22-20-31(27-41(35)45)29-12-8-14-33(24-29)44-39-18-6-4-16-36(39)37-17-5-7-19-40(37)44/h1-27,45H. The van der Waals surface area contributed by atoms with E-state index in [1.165, 1.54) is 10.8 Å². The number of aromatic nitrogens is 1. The minimum absolute atomic E-state index is 0.198. The summed E-state index contributed by atoms with van der Waals surface area (Å²) >= 11 is 0. The molecule has 0 saturated heterocycles. The molecule has 1 heterocycles. The van der Waals surface area contributed by atoms with Crippen LogP contribution in [0.2, 0.25) is 0 Å². The molecule has 8 rings (SSSR count). The Bertz CT molecular complexity index is 2320. The molecule has 0 bridgehead atoms. The molecule has 7 aromatic carbocycles. The molecule has 0 aliphatic carbocycles. The second kappa shape index (κ2) is 11.5. The van der Waals surface area contributed by atoms with Crippen molar-refractivity contribution in [3.63, 3.8) is 0 Å². The fourth-order valence-electron chi connectivity index (χ4n) is 6.29. The first-order chi connectivity index (χ1) is 22.6. The van der Waals surface area contributed by atoms with Gasteiger partial charge in [-0.2, -0.15) is 0 Å². The molecule has 8 aromatic rings. The van der Waals surface area contributed by atoms with E-state index in [0.717, 1.165) is 50.1 Å². The number of phenolic OH excluding ortho intramolecular Hbond substituents is 1. The highest BCUT2D eigenvalue weighted by Crippen LogP contribution is 2.37. The lowest BCUT2D eigenvalue weighted by Gasteiger charge is -2.13. The summed E-state index contributed by atoms with van der Waals surface area (Å²) in [7, 11) is 6.38. The molecule has 46 heavy (non-hydrogen) atoms. The summed E-state index contributed by atoms with van der Waals surface area (Å²) in [6, 6.07) is 54.9. The van der Waals surface area contributed by atoms with E-state index in [-0.39, 0.29) is 5.75 Å². The minimum Gasteiger partial charge on any atom is -0.507 e. The predicted octanol–water partition coefficient (Wildman–Crippen LogP) is 10.1. The van der Waals surface area contributed by atoms with Crippen LogP contribution < -0.4 is 10.2 Å². The lowest BCUT2D eigenvalue weighted by Crippen LogP contribution is -2.06. The Hall–Kier alpha value is -6.00.